The monoisotopic (exact) mass is 284 g/mol. The molecule has 0 saturated carbocycles. The quantitative estimate of drug-likeness (QED) is 0.847. The third-order valence-corrected chi connectivity index (χ3v) is 4.04. The van der Waals surface area contributed by atoms with Crippen LogP contribution in [0.4, 0.5) is 0 Å². The highest BCUT2D eigenvalue weighted by Gasteiger charge is 2.18. The van der Waals surface area contributed by atoms with Crippen molar-refractivity contribution >= 4 is 0 Å². The van der Waals surface area contributed by atoms with Crippen LogP contribution < -0.4 is 18.9 Å². The summed E-state index contributed by atoms with van der Waals surface area (Å²) in [6.07, 6.45) is 0.838. The first-order chi connectivity index (χ1) is 10.2. The van der Waals surface area contributed by atoms with E-state index in [9.17, 15) is 0 Å². The molecule has 21 heavy (non-hydrogen) atoms. The molecule has 4 rings (SSSR count). The Bertz CT molecular complexity index is 660. The molecular formula is C17H16O4. The lowest BCUT2D eigenvalue weighted by molar-refractivity contribution is 0.173. The molecule has 2 aliphatic heterocycles. The van der Waals surface area contributed by atoms with Crippen molar-refractivity contribution in [2.24, 2.45) is 0 Å². The fourth-order valence-electron chi connectivity index (χ4n) is 2.76. The van der Waals surface area contributed by atoms with Gasteiger partial charge in [0.15, 0.2) is 23.0 Å². The molecule has 0 fully saturated rings. The van der Waals surface area contributed by atoms with Crippen LogP contribution in [0.3, 0.4) is 0 Å². The van der Waals surface area contributed by atoms with Crippen molar-refractivity contribution in [2.75, 3.05) is 13.6 Å². The van der Waals surface area contributed by atoms with Gasteiger partial charge in [0.25, 0.3) is 0 Å². The lowest BCUT2D eigenvalue weighted by atomic mass is 9.96. The minimum atomic E-state index is 0.307. The summed E-state index contributed by atoms with van der Waals surface area (Å²) in [5.74, 6) is 3.32. The largest absolute Gasteiger partial charge is 0.454 e. The average Bonchev–Trinajstić information content (AvgIpc) is 3.07. The van der Waals surface area contributed by atoms with Gasteiger partial charge in [-0.3, -0.25) is 0 Å². The highest BCUT2D eigenvalue weighted by molar-refractivity contribution is 5.53. The number of ether oxygens (including phenoxy) is 4. The minimum Gasteiger partial charge on any atom is -0.454 e. The Balaban J connectivity index is 1.70. The fraction of sp³-hybridized carbons (Fsp3) is 0.294. The van der Waals surface area contributed by atoms with Gasteiger partial charge in [-0.1, -0.05) is 0 Å². The predicted molar refractivity (Wildman–Crippen MR) is 77.4 cm³/mol. The smallest absolute Gasteiger partial charge is 0.231 e. The van der Waals surface area contributed by atoms with Crippen LogP contribution in [-0.2, 0) is 6.42 Å². The van der Waals surface area contributed by atoms with Crippen molar-refractivity contribution in [1.82, 2.24) is 0 Å². The van der Waals surface area contributed by atoms with Crippen LogP contribution in [0.15, 0.2) is 24.3 Å². The molecule has 0 spiro atoms. The van der Waals surface area contributed by atoms with E-state index in [2.05, 4.69) is 26.0 Å². The maximum atomic E-state index is 5.47. The van der Waals surface area contributed by atoms with E-state index in [1.807, 2.05) is 12.1 Å². The molecule has 0 saturated heterocycles. The first kappa shape index (κ1) is 12.4. The van der Waals surface area contributed by atoms with Gasteiger partial charge >= 0.3 is 0 Å². The van der Waals surface area contributed by atoms with E-state index in [0.29, 0.717) is 13.6 Å². The molecule has 0 aromatic heterocycles. The van der Waals surface area contributed by atoms with Crippen molar-refractivity contribution in [3.63, 3.8) is 0 Å². The summed E-state index contributed by atoms with van der Waals surface area (Å²) in [4.78, 5) is 0. The maximum absolute atomic E-state index is 5.47. The van der Waals surface area contributed by atoms with Gasteiger partial charge in [0.2, 0.25) is 13.6 Å². The Morgan fingerprint density at radius 1 is 0.667 bits per heavy atom. The van der Waals surface area contributed by atoms with Crippen molar-refractivity contribution in [3.8, 4) is 23.0 Å². The van der Waals surface area contributed by atoms with Crippen LogP contribution in [-0.4, -0.2) is 13.6 Å². The average molecular weight is 284 g/mol. The highest BCUT2D eigenvalue weighted by atomic mass is 16.7. The lowest BCUT2D eigenvalue weighted by Gasteiger charge is -2.11. The summed E-state index contributed by atoms with van der Waals surface area (Å²) in [6, 6.07) is 8.23. The van der Waals surface area contributed by atoms with E-state index in [-0.39, 0.29) is 0 Å². The van der Waals surface area contributed by atoms with Gasteiger partial charge in [-0.25, -0.2) is 0 Å². The third kappa shape index (κ3) is 2.07. The molecule has 2 aliphatic rings. The van der Waals surface area contributed by atoms with E-state index in [1.165, 1.54) is 22.3 Å². The van der Waals surface area contributed by atoms with Crippen molar-refractivity contribution < 1.29 is 18.9 Å². The molecule has 0 N–H and O–H groups in total. The zero-order valence-electron chi connectivity index (χ0n) is 12.1. The summed E-state index contributed by atoms with van der Waals surface area (Å²) >= 11 is 0. The van der Waals surface area contributed by atoms with Crippen LogP contribution in [0, 0.1) is 13.8 Å². The van der Waals surface area contributed by atoms with Gasteiger partial charge in [0.1, 0.15) is 0 Å². The molecule has 2 aromatic rings. The second kappa shape index (κ2) is 4.58. The molecule has 0 amide bonds. The Hall–Kier alpha value is -2.36. The number of hydrogen-bond donors (Lipinski definition) is 0. The van der Waals surface area contributed by atoms with E-state index < -0.39 is 0 Å². The zero-order chi connectivity index (χ0) is 14.4. The molecule has 4 nitrogen and oxygen atoms in total. The van der Waals surface area contributed by atoms with Crippen molar-refractivity contribution in [1.29, 1.82) is 0 Å². The van der Waals surface area contributed by atoms with Gasteiger partial charge in [-0.15, -0.1) is 0 Å². The Kier molecular flexibility index (Phi) is 2.70. The summed E-state index contributed by atoms with van der Waals surface area (Å²) in [5.41, 5.74) is 4.88. The number of rotatable bonds is 2. The van der Waals surface area contributed by atoms with Crippen LogP contribution >= 0.6 is 0 Å². The van der Waals surface area contributed by atoms with E-state index >= 15 is 0 Å². The summed E-state index contributed by atoms with van der Waals surface area (Å²) in [7, 11) is 0. The van der Waals surface area contributed by atoms with Crippen molar-refractivity contribution in [3.05, 3.63) is 46.5 Å². The molecule has 0 bridgehead atoms. The third-order valence-electron chi connectivity index (χ3n) is 4.04. The second-order valence-corrected chi connectivity index (χ2v) is 5.44. The van der Waals surface area contributed by atoms with Crippen LogP contribution in [0.5, 0.6) is 23.0 Å². The molecular weight excluding hydrogens is 268 g/mol. The molecule has 4 heteroatoms. The predicted octanol–water partition coefficient (Wildman–Crippen LogP) is 3.35. The van der Waals surface area contributed by atoms with Gasteiger partial charge < -0.3 is 18.9 Å². The number of aryl methyl sites for hydroxylation is 2. The standard InChI is InChI=1S/C17H16O4/c1-10-3-14-16(20-8-18-14)6-12(10)5-13-7-17-15(4-11(13)2)19-9-21-17/h3-4,6-7H,5,8-9H2,1-2H3. The molecule has 108 valence electrons. The van der Waals surface area contributed by atoms with Crippen molar-refractivity contribution in [2.45, 2.75) is 20.3 Å². The Morgan fingerprint density at radius 3 is 1.48 bits per heavy atom. The maximum Gasteiger partial charge on any atom is 0.231 e. The number of benzene rings is 2. The van der Waals surface area contributed by atoms with Crippen LogP contribution in [0.25, 0.3) is 0 Å². The van der Waals surface area contributed by atoms with Crippen LogP contribution in [0.1, 0.15) is 22.3 Å². The minimum absolute atomic E-state index is 0.307. The first-order valence-corrected chi connectivity index (χ1v) is 6.99. The van der Waals surface area contributed by atoms with Gasteiger partial charge in [0, 0.05) is 0 Å². The Morgan fingerprint density at radius 2 is 1.05 bits per heavy atom. The summed E-state index contributed by atoms with van der Waals surface area (Å²) < 4.78 is 21.8. The van der Waals surface area contributed by atoms with E-state index in [4.69, 9.17) is 18.9 Å². The SMILES string of the molecule is Cc1cc2c(cc1Cc1cc3c(cc1C)OCO3)OCO2. The number of hydrogen-bond acceptors (Lipinski definition) is 4. The molecule has 0 radical (unpaired) electrons. The first-order valence-electron chi connectivity index (χ1n) is 6.99. The van der Waals surface area contributed by atoms with E-state index in [1.54, 1.807) is 0 Å². The fourth-order valence-corrected chi connectivity index (χ4v) is 2.76. The van der Waals surface area contributed by atoms with Crippen LogP contribution in [0.2, 0.25) is 0 Å². The normalized spacial score (nSPS) is 14.6. The molecule has 2 aromatic carbocycles. The highest BCUT2D eigenvalue weighted by Crippen LogP contribution is 2.38. The Labute approximate surface area is 123 Å². The topological polar surface area (TPSA) is 36.9 Å². The van der Waals surface area contributed by atoms with Gasteiger partial charge in [0.05, 0.1) is 0 Å². The van der Waals surface area contributed by atoms with Gasteiger partial charge in [-0.2, -0.15) is 0 Å². The summed E-state index contributed by atoms with van der Waals surface area (Å²) in [5, 5.41) is 0. The molecule has 0 atom stereocenters. The number of fused-ring (bicyclic) bond motifs is 2. The lowest BCUT2D eigenvalue weighted by Crippen LogP contribution is -1.95. The molecule has 0 unspecified atom stereocenters. The summed E-state index contributed by atoms with van der Waals surface area (Å²) in [6.45, 7) is 4.81. The zero-order valence-corrected chi connectivity index (χ0v) is 12.1. The van der Waals surface area contributed by atoms with E-state index in [0.717, 1.165) is 29.4 Å². The second-order valence-electron chi connectivity index (χ2n) is 5.44. The van der Waals surface area contributed by atoms with Gasteiger partial charge in [-0.05, 0) is 66.8 Å². The molecule has 2 heterocycles. The molecule has 0 aliphatic carbocycles.